The molecule has 0 saturated carbocycles. The number of carbonyl (C=O) groups excluding carboxylic acids is 1. The number of hydrogen-bond acceptors (Lipinski definition) is 3. The van der Waals surface area contributed by atoms with Crippen molar-refractivity contribution in [1.29, 1.82) is 0 Å². The van der Waals surface area contributed by atoms with Gasteiger partial charge in [0.15, 0.2) is 0 Å². The molecule has 0 saturated heterocycles. The van der Waals surface area contributed by atoms with Gasteiger partial charge in [0.2, 0.25) is 0 Å². The van der Waals surface area contributed by atoms with Crippen LogP contribution >= 0.6 is 0 Å². The van der Waals surface area contributed by atoms with Crippen LogP contribution in [0, 0.1) is 0 Å². The van der Waals surface area contributed by atoms with Crippen LogP contribution in [0.15, 0.2) is 43.0 Å². The van der Waals surface area contributed by atoms with E-state index in [4.69, 9.17) is 9.47 Å². The molecule has 0 N–H and O–H groups in total. The third kappa shape index (κ3) is 2.14. The molecule has 0 heterocycles. The smallest absolute Gasteiger partial charge is 0.430 e. The topological polar surface area (TPSA) is 35.5 Å². The van der Waals surface area contributed by atoms with Gasteiger partial charge in [0.25, 0.3) is 0 Å². The van der Waals surface area contributed by atoms with Crippen LogP contribution in [0.5, 0.6) is 0 Å². The molecule has 1 aromatic rings. The Morgan fingerprint density at radius 3 is 3.06 bits per heavy atom. The SMILES string of the molecule is C=CCOC(=O)OC1=CCc2ccccc21. The van der Waals surface area contributed by atoms with Crippen molar-refractivity contribution in [1.82, 2.24) is 0 Å². The summed E-state index contributed by atoms with van der Waals surface area (Å²) in [6, 6.07) is 7.81. The molecule has 0 aromatic heterocycles. The van der Waals surface area contributed by atoms with Crippen molar-refractivity contribution in [2.24, 2.45) is 0 Å². The van der Waals surface area contributed by atoms with E-state index in [1.54, 1.807) is 0 Å². The highest BCUT2D eigenvalue weighted by Crippen LogP contribution is 2.28. The highest BCUT2D eigenvalue weighted by molar-refractivity contribution is 5.76. The Morgan fingerprint density at radius 2 is 2.25 bits per heavy atom. The second kappa shape index (κ2) is 4.66. The number of hydrogen-bond donors (Lipinski definition) is 0. The Balaban J connectivity index is 2.03. The number of carbonyl (C=O) groups is 1. The molecule has 0 spiro atoms. The molecule has 16 heavy (non-hydrogen) atoms. The van der Waals surface area contributed by atoms with Gasteiger partial charge in [-0.15, -0.1) is 0 Å². The van der Waals surface area contributed by atoms with Crippen LogP contribution in [0.2, 0.25) is 0 Å². The fourth-order valence-corrected chi connectivity index (χ4v) is 1.59. The van der Waals surface area contributed by atoms with Crippen molar-refractivity contribution in [3.05, 3.63) is 54.1 Å². The fourth-order valence-electron chi connectivity index (χ4n) is 1.59. The molecule has 0 amide bonds. The summed E-state index contributed by atoms with van der Waals surface area (Å²) in [4.78, 5) is 11.2. The monoisotopic (exact) mass is 216 g/mol. The predicted molar refractivity (Wildman–Crippen MR) is 60.8 cm³/mol. The maximum atomic E-state index is 11.2. The summed E-state index contributed by atoms with van der Waals surface area (Å²) >= 11 is 0. The van der Waals surface area contributed by atoms with Crippen LogP contribution in [0.25, 0.3) is 5.76 Å². The van der Waals surface area contributed by atoms with Crippen LogP contribution in [-0.2, 0) is 15.9 Å². The summed E-state index contributed by atoms with van der Waals surface area (Å²) < 4.78 is 9.84. The van der Waals surface area contributed by atoms with E-state index in [-0.39, 0.29) is 6.61 Å². The predicted octanol–water partition coefficient (Wildman–Crippen LogP) is 2.92. The molecular weight excluding hydrogens is 204 g/mol. The van der Waals surface area contributed by atoms with Crippen LogP contribution < -0.4 is 0 Å². The Hall–Kier alpha value is -2.03. The van der Waals surface area contributed by atoms with Crippen LogP contribution in [0.4, 0.5) is 4.79 Å². The highest BCUT2D eigenvalue weighted by Gasteiger charge is 2.17. The van der Waals surface area contributed by atoms with Gasteiger partial charge < -0.3 is 9.47 Å². The molecule has 1 aliphatic rings. The summed E-state index contributed by atoms with van der Waals surface area (Å²) in [6.07, 6.45) is 3.47. The van der Waals surface area contributed by atoms with Crippen molar-refractivity contribution in [2.75, 3.05) is 6.61 Å². The number of ether oxygens (including phenoxy) is 2. The lowest BCUT2D eigenvalue weighted by atomic mass is 10.1. The van der Waals surface area contributed by atoms with E-state index in [9.17, 15) is 4.79 Å². The van der Waals surface area contributed by atoms with Crippen molar-refractivity contribution in [2.45, 2.75) is 6.42 Å². The van der Waals surface area contributed by atoms with Crippen molar-refractivity contribution >= 4 is 11.9 Å². The van der Waals surface area contributed by atoms with Crippen molar-refractivity contribution < 1.29 is 14.3 Å². The fraction of sp³-hybridized carbons (Fsp3) is 0.154. The van der Waals surface area contributed by atoms with Crippen LogP contribution in [0.3, 0.4) is 0 Å². The molecule has 0 aliphatic heterocycles. The number of fused-ring (bicyclic) bond motifs is 1. The quantitative estimate of drug-likeness (QED) is 0.575. The van der Waals surface area contributed by atoms with Gasteiger partial charge in [-0.25, -0.2) is 4.79 Å². The van der Waals surface area contributed by atoms with Gasteiger partial charge in [0, 0.05) is 5.56 Å². The van der Waals surface area contributed by atoms with E-state index < -0.39 is 6.16 Å². The minimum atomic E-state index is -0.692. The molecule has 1 aliphatic carbocycles. The first-order chi connectivity index (χ1) is 7.81. The lowest BCUT2D eigenvalue weighted by molar-refractivity contribution is 0.101. The Bertz CT molecular complexity index is 446. The third-order valence-electron chi connectivity index (χ3n) is 2.30. The summed E-state index contributed by atoms with van der Waals surface area (Å²) in [5.41, 5.74) is 2.12. The molecule has 0 unspecified atom stereocenters. The maximum Gasteiger partial charge on any atom is 0.514 e. The van der Waals surface area contributed by atoms with E-state index in [0.29, 0.717) is 5.76 Å². The largest absolute Gasteiger partial charge is 0.514 e. The zero-order valence-corrected chi connectivity index (χ0v) is 8.81. The first kappa shape index (κ1) is 10.5. The van der Waals surface area contributed by atoms with Crippen LogP contribution in [0.1, 0.15) is 11.1 Å². The van der Waals surface area contributed by atoms with E-state index in [1.807, 2.05) is 30.3 Å². The van der Waals surface area contributed by atoms with E-state index in [2.05, 4.69) is 6.58 Å². The molecule has 2 rings (SSSR count). The first-order valence-corrected chi connectivity index (χ1v) is 5.05. The Labute approximate surface area is 94.0 Å². The van der Waals surface area contributed by atoms with Crippen LogP contribution in [-0.4, -0.2) is 12.8 Å². The van der Waals surface area contributed by atoms with Gasteiger partial charge in [-0.2, -0.15) is 0 Å². The Morgan fingerprint density at radius 1 is 1.44 bits per heavy atom. The third-order valence-corrected chi connectivity index (χ3v) is 2.30. The average Bonchev–Trinajstić information content (AvgIpc) is 2.70. The van der Waals surface area contributed by atoms with Gasteiger partial charge in [0.05, 0.1) is 0 Å². The summed E-state index contributed by atoms with van der Waals surface area (Å²) in [6.45, 7) is 3.61. The zero-order chi connectivity index (χ0) is 11.4. The van der Waals surface area contributed by atoms with Gasteiger partial charge in [-0.1, -0.05) is 36.9 Å². The molecule has 1 aromatic carbocycles. The van der Waals surface area contributed by atoms with Gasteiger partial charge in [0.1, 0.15) is 12.4 Å². The molecular formula is C13H12O3. The number of benzene rings is 1. The minimum absolute atomic E-state index is 0.160. The summed E-state index contributed by atoms with van der Waals surface area (Å²) in [5.74, 6) is 0.574. The molecule has 0 atom stereocenters. The zero-order valence-electron chi connectivity index (χ0n) is 8.81. The van der Waals surface area contributed by atoms with Crippen molar-refractivity contribution in [3.63, 3.8) is 0 Å². The van der Waals surface area contributed by atoms with Crippen molar-refractivity contribution in [3.8, 4) is 0 Å². The second-order valence-electron chi connectivity index (χ2n) is 3.38. The number of rotatable bonds is 3. The lowest BCUT2D eigenvalue weighted by Gasteiger charge is -2.06. The molecule has 0 bridgehead atoms. The molecule has 0 fully saturated rings. The van der Waals surface area contributed by atoms with E-state index in [0.717, 1.165) is 17.5 Å². The molecule has 0 radical (unpaired) electrons. The van der Waals surface area contributed by atoms with Gasteiger partial charge in [-0.05, 0) is 18.1 Å². The second-order valence-corrected chi connectivity index (χ2v) is 3.38. The number of allylic oxidation sites excluding steroid dienone is 1. The Kier molecular flexibility index (Phi) is 3.05. The summed E-state index contributed by atoms with van der Waals surface area (Å²) in [5, 5.41) is 0. The lowest BCUT2D eigenvalue weighted by Crippen LogP contribution is -2.06. The molecule has 3 heteroatoms. The van der Waals surface area contributed by atoms with Gasteiger partial charge in [-0.3, -0.25) is 0 Å². The molecule has 82 valence electrons. The maximum absolute atomic E-state index is 11.2. The highest BCUT2D eigenvalue weighted by atomic mass is 16.7. The average molecular weight is 216 g/mol. The summed E-state index contributed by atoms with van der Waals surface area (Å²) in [7, 11) is 0. The normalized spacial score (nSPS) is 12.6. The first-order valence-electron chi connectivity index (χ1n) is 5.05. The standard InChI is InChI=1S/C13H12O3/c1-2-9-15-13(14)16-12-8-7-10-5-3-4-6-11(10)12/h2-6,8H,1,7,9H2. The van der Waals surface area contributed by atoms with Gasteiger partial charge >= 0.3 is 6.16 Å². The minimum Gasteiger partial charge on any atom is -0.430 e. The van der Waals surface area contributed by atoms with E-state index in [1.165, 1.54) is 6.08 Å². The van der Waals surface area contributed by atoms with E-state index >= 15 is 0 Å². The molecule has 3 nitrogen and oxygen atoms in total.